The number of ether oxygens (including phenoxy) is 3. The first-order chi connectivity index (χ1) is 10.3. The van der Waals surface area contributed by atoms with Crippen molar-refractivity contribution in [1.29, 1.82) is 0 Å². The van der Waals surface area contributed by atoms with Crippen molar-refractivity contribution in [1.82, 2.24) is 0 Å². The van der Waals surface area contributed by atoms with Gasteiger partial charge in [-0.1, -0.05) is 0 Å². The molecule has 2 aliphatic rings. The molecular weight excluding hydrogens is 304 g/mol. The van der Waals surface area contributed by atoms with E-state index in [1.165, 1.54) is 6.92 Å². The molecule has 0 amide bonds. The second-order valence-electron chi connectivity index (χ2n) is 5.51. The zero-order chi connectivity index (χ0) is 16.6. The van der Waals surface area contributed by atoms with Gasteiger partial charge in [-0.3, -0.25) is 0 Å². The van der Waals surface area contributed by atoms with E-state index in [0.717, 1.165) is 0 Å². The van der Waals surface area contributed by atoms with Crippen molar-refractivity contribution in [2.75, 3.05) is 6.61 Å². The van der Waals surface area contributed by atoms with E-state index in [-0.39, 0.29) is 0 Å². The van der Waals surface area contributed by atoms with Gasteiger partial charge < -0.3 is 50.0 Å². The molecule has 10 nitrogen and oxygen atoms in total. The summed E-state index contributed by atoms with van der Waals surface area (Å²) in [6.45, 7) is 0.803. The molecule has 22 heavy (non-hydrogen) atoms. The van der Waals surface area contributed by atoms with Crippen LogP contribution in [-0.4, -0.2) is 104 Å². The van der Waals surface area contributed by atoms with E-state index in [1.54, 1.807) is 0 Å². The minimum absolute atomic E-state index is 0.642. The second kappa shape index (κ2) is 7.01. The summed E-state index contributed by atoms with van der Waals surface area (Å²) in [5.41, 5.74) is 0. The van der Waals surface area contributed by atoms with Gasteiger partial charge >= 0.3 is 0 Å². The third-order valence-corrected chi connectivity index (χ3v) is 3.94. The topological polar surface area (TPSA) is 169 Å². The molecule has 10 atom stereocenters. The number of hydrogen-bond acceptors (Lipinski definition) is 10. The summed E-state index contributed by atoms with van der Waals surface area (Å²) in [4.78, 5) is 0. The van der Waals surface area contributed by atoms with Crippen LogP contribution in [0.2, 0.25) is 0 Å². The highest BCUT2D eigenvalue weighted by atomic mass is 16.7. The van der Waals surface area contributed by atoms with Crippen molar-refractivity contribution >= 4 is 0 Å². The van der Waals surface area contributed by atoms with Gasteiger partial charge in [0, 0.05) is 0 Å². The fourth-order valence-corrected chi connectivity index (χ4v) is 2.50. The largest absolute Gasteiger partial charge is 0.394 e. The monoisotopic (exact) mass is 326 g/mol. The molecule has 2 aliphatic heterocycles. The number of rotatable bonds is 3. The summed E-state index contributed by atoms with van der Waals surface area (Å²) in [5, 5.41) is 67.6. The molecule has 0 aromatic carbocycles. The lowest BCUT2D eigenvalue weighted by molar-refractivity contribution is -0.359. The van der Waals surface area contributed by atoms with E-state index in [9.17, 15) is 30.6 Å². The number of aliphatic hydroxyl groups is 7. The maximum Gasteiger partial charge on any atom is 0.187 e. The normalized spacial score (nSPS) is 53.5. The van der Waals surface area contributed by atoms with Crippen molar-refractivity contribution in [3.05, 3.63) is 0 Å². The summed E-state index contributed by atoms with van der Waals surface area (Å²) in [6.07, 6.45) is -14.4. The zero-order valence-electron chi connectivity index (χ0n) is 11.8. The fourth-order valence-electron chi connectivity index (χ4n) is 2.50. The molecule has 7 N–H and O–H groups in total. The lowest BCUT2D eigenvalue weighted by atomic mass is 9.98. The lowest BCUT2D eigenvalue weighted by Crippen LogP contribution is -2.63. The smallest absolute Gasteiger partial charge is 0.187 e. The molecule has 0 aliphatic carbocycles. The van der Waals surface area contributed by atoms with Gasteiger partial charge in [0.2, 0.25) is 0 Å². The average Bonchev–Trinajstić information content (AvgIpc) is 2.49. The Kier molecular flexibility index (Phi) is 5.72. The van der Waals surface area contributed by atoms with Crippen LogP contribution < -0.4 is 0 Å². The minimum atomic E-state index is -1.69. The molecule has 2 rings (SSSR count). The molecule has 0 aromatic heterocycles. The first kappa shape index (κ1) is 17.9. The molecule has 0 radical (unpaired) electrons. The molecule has 0 bridgehead atoms. The molecule has 0 saturated carbocycles. The molecule has 0 aromatic rings. The van der Waals surface area contributed by atoms with Gasteiger partial charge in [0.05, 0.1) is 12.7 Å². The van der Waals surface area contributed by atoms with Gasteiger partial charge in [0.15, 0.2) is 12.6 Å². The number of hydrogen-bond donors (Lipinski definition) is 7. The Morgan fingerprint density at radius 1 is 0.818 bits per heavy atom. The maximum atomic E-state index is 9.92. The van der Waals surface area contributed by atoms with Crippen LogP contribution in [-0.2, 0) is 14.2 Å². The Labute approximate surface area is 126 Å². The molecule has 2 heterocycles. The molecule has 10 heteroatoms. The van der Waals surface area contributed by atoms with Crippen LogP contribution in [0.25, 0.3) is 0 Å². The predicted molar refractivity (Wildman–Crippen MR) is 67.2 cm³/mol. The van der Waals surface area contributed by atoms with E-state index in [2.05, 4.69) is 0 Å². The standard InChI is InChI=1S/C12H22O10/c1-3-5(14)8(17)10(11(19)20-3)22-12-9(18)7(16)6(15)4(2-13)21-12/h3-19H,2H2,1H3. The van der Waals surface area contributed by atoms with Gasteiger partial charge in [0.1, 0.15) is 42.7 Å². The highest BCUT2D eigenvalue weighted by Gasteiger charge is 2.49. The predicted octanol–water partition coefficient (Wildman–Crippen LogP) is -4.37. The summed E-state index contributed by atoms with van der Waals surface area (Å²) in [6, 6.07) is 0. The summed E-state index contributed by atoms with van der Waals surface area (Å²) >= 11 is 0. The number of aliphatic hydroxyl groups excluding tert-OH is 7. The van der Waals surface area contributed by atoms with E-state index in [1.807, 2.05) is 0 Å². The summed E-state index contributed by atoms with van der Waals surface area (Å²) in [5.74, 6) is 0. The molecule has 2 saturated heterocycles. The fraction of sp³-hybridized carbons (Fsp3) is 1.00. The molecule has 130 valence electrons. The Morgan fingerprint density at radius 3 is 2.05 bits per heavy atom. The summed E-state index contributed by atoms with van der Waals surface area (Å²) in [7, 11) is 0. The lowest BCUT2D eigenvalue weighted by Gasteiger charge is -2.44. The Balaban J connectivity index is 2.08. The average molecular weight is 326 g/mol. The van der Waals surface area contributed by atoms with Crippen LogP contribution in [0.1, 0.15) is 6.92 Å². The van der Waals surface area contributed by atoms with E-state index >= 15 is 0 Å². The van der Waals surface area contributed by atoms with Crippen molar-refractivity contribution in [3.8, 4) is 0 Å². The van der Waals surface area contributed by atoms with Crippen molar-refractivity contribution < 1.29 is 50.0 Å². The SMILES string of the molecule is CC1OC(O)C(OC2OC(CO)C(O)C(O)C2O)C(O)C1O. The first-order valence-corrected chi connectivity index (χ1v) is 6.93. The third-order valence-electron chi connectivity index (χ3n) is 3.94. The van der Waals surface area contributed by atoms with Gasteiger partial charge in [-0.15, -0.1) is 0 Å². The van der Waals surface area contributed by atoms with Gasteiger partial charge in [-0.2, -0.15) is 0 Å². The van der Waals surface area contributed by atoms with Gasteiger partial charge in [0.25, 0.3) is 0 Å². The van der Waals surface area contributed by atoms with Crippen molar-refractivity contribution in [2.45, 2.75) is 68.3 Å². The van der Waals surface area contributed by atoms with Crippen molar-refractivity contribution in [2.24, 2.45) is 0 Å². The molecule has 2 fully saturated rings. The van der Waals surface area contributed by atoms with Crippen LogP contribution >= 0.6 is 0 Å². The minimum Gasteiger partial charge on any atom is -0.394 e. The Hall–Kier alpha value is -0.400. The Bertz CT molecular complexity index is 366. The van der Waals surface area contributed by atoms with Crippen molar-refractivity contribution in [3.63, 3.8) is 0 Å². The molecule has 0 spiro atoms. The van der Waals surface area contributed by atoms with Crippen LogP contribution in [0.5, 0.6) is 0 Å². The highest BCUT2D eigenvalue weighted by Crippen LogP contribution is 2.28. The Morgan fingerprint density at radius 2 is 1.45 bits per heavy atom. The quantitative estimate of drug-likeness (QED) is 0.269. The first-order valence-electron chi connectivity index (χ1n) is 6.93. The van der Waals surface area contributed by atoms with E-state index in [0.29, 0.717) is 0 Å². The van der Waals surface area contributed by atoms with Crippen LogP contribution in [0, 0.1) is 0 Å². The highest BCUT2D eigenvalue weighted by molar-refractivity contribution is 4.92. The van der Waals surface area contributed by atoms with Gasteiger partial charge in [-0.05, 0) is 6.92 Å². The molecular formula is C12H22O10. The van der Waals surface area contributed by atoms with Crippen LogP contribution in [0.15, 0.2) is 0 Å². The van der Waals surface area contributed by atoms with Gasteiger partial charge in [-0.25, -0.2) is 0 Å². The van der Waals surface area contributed by atoms with E-state index in [4.69, 9.17) is 19.3 Å². The molecule has 10 unspecified atom stereocenters. The van der Waals surface area contributed by atoms with Crippen LogP contribution in [0.4, 0.5) is 0 Å². The third kappa shape index (κ3) is 3.26. The van der Waals surface area contributed by atoms with E-state index < -0.39 is 68.0 Å². The van der Waals surface area contributed by atoms with Crippen LogP contribution in [0.3, 0.4) is 0 Å². The maximum absolute atomic E-state index is 9.92. The zero-order valence-corrected chi connectivity index (χ0v) is 11.8. The summed E-state index contributed by atoms with van der Waals surface area (Å²) < 4.78 is 15.3. The second-order valence-corrected chi connectivity index (χ2v) is 5.51.